The maximum atomic E-state index is 5.91. The topological polar surface area (TPSA) is 55.3 Å². The zero-order valence-electron chi connectivity index (χ0n) is 11.5. The highest BCUT2D eigenvalue weighted by molar-refractivity contribution is 5.85. The summed E-state index contributed by atoms with van der Waals surface area (Å²) in [5.74, 6) is 1.63. The van der Waals surface area contributed by atoms with E-state index >= 15 is 0 Å². The Morgan fingerprint density at radius 1 is 1.44 bits per heavy atom. The summed E-state index contributed by atoms with van der Waals surface area (Å²) in [6, 6.07) is 0.498. The molecule has 0 amide bonds. The van der Waals surface area contributed by atoms with Crippen molar-refractivity contribution in [3.05, 3.63) is 17.0 Å². The van der Waals surface area contributed by atoms with Crippen LogP contribution in [0.4, 0.5) is 0 Å². The minimum atomic E-state index is 0. The molecule has 0 spiro atoms. The van der Waals surface area contributed by atoms with Gasteiger partial charge in [-0.3, -0.25) is 4.90 Å². The van der Waals surface area contributed by atoms with Crippen molar-refractivity contribution in [1.29, 1.82) is 0 Å². The molecule has 104 valence electrons. The number of likely N-dealkylation sites (tertiary alicyclic amines) is 1. The van der Waals surface area contributed by atoms with Gasteiger partial charge in [0.25, 0.3) is 0 Å². The van der Waals surface area contributed by atoms with Crippen LogP contribution in [0.15, 0.2) is 4.52 Å². The molecule has 4 nitrogen and oxygen atoms in total. The minimum absolute atomic E-state index is 0. The quantitative estimate of drug-likeness (QED) is 0.918. The van der Waals surface area contributed by atoms with Crippen molar-refractivity contribution in [3.8, 4) is 0 Å². The van der Waals surface area contributed by atoms with E-state index in [1.165, 1.54) is 18.4 Å². The van der Waals surface area contributed by atoms with Crippen molar-refractivity contribution < 1.29 is 4.52 Å². The van der Waals surface area contributed by atoms with Gasteiger partial charge in [-0.1, -0.05) is 12.1 Å². The fourth-order valence-electron chi connectivity index (χ4n) is 2.84. The third kappa shape index (κ3) is 3.05. The summed E-state index contributed by atoms with van der Waals surface area (Å²) < 4.78 is 5.22. The average Bonchev–Trinajstić information content (AvgIpc) is 2.61. The smallest absolute Gasteiger partial charge is 0.138 e. The number of hydrogen-bond acceptors (Lipinski definition) is 4. The van der Waals surface area contributed by atoms with Gasteiger partial charge in [-0.25, -0.2) is 0 Å². The SMILES string of the molecule is Cc1noc(C)c1CN1CCCC(C)C1CN.Cl. The van der Waals surface area contributed by atoms with Gasteiger partial charge in [0.15, 0.2) is 0 Å². The van der Waals surface area contributed by atoms with Crippen LogP contribution < -0.4 is 5.73 Å². The minimum Gasteiger partial charge on any atom is -0.361 e. The zero-order valence-corrected chi connectivity index (χ0v) is 12.3. The number of aryl methyl sites for hydroxylation is 2. The Hall–Kier alpha value is -0.580. The van der Waals surface area contributed by atoms with Crippen molar-refractivity contribution in [1.82, 2.24) is 10.1 Å². The second-order valence-corrected chi connectivity index (χ2v) is 5.20. The first kappa shape index (κ1) is 15.5. The number of piperidine rings is 1. The van der Waals surface area contributed by atoms with Gasteiger partial charge in [0.1, 0.15) is 5.76 Å². The fourth-order valence-corrected chi connectivity index (χ4v) is 2.84. The molecule has 0 saturated carbocycles. The van der Waals surface area contributed by atoms with Gasteiger partial charge in [0.05, 0.1) is 5.69 Å². The van der Waals surface area contributed by atoms with E-state index in [1.807, 2.05) is 13.8 Å². The van der Waals surface area contributed by atoms with E-state index in [9.17, 15) is 0 Å². The second kappa shape index (κ2) is 6.55. The fraction of sp³-hybridized carbons (Fsp3) is 0.769. The number of rotatable bonds is 3. The molecule has 2 atom stereocenters. The largest absolute Gasteiger partial charge is 0.361 e. The highest BCUT2D eigenvalue weighted by atomic mass is 35.5. The molecule has 0 aromatic carbocycles. The standard InChI is InChI=1S/C13H23N3O.ClH/c1-9-5-4-6-16(13(9)7-14)8-12-10(2)15-17-11(12)3;/h9,13H,4-8,14H2,1-3H3;1H. The molecule has 2 heterocycles. The van der Waals surface area contributed by atoms with Crippen molar-refractivity contribution in [2.75, 3.05) is 13.1 Å². The lowest BCUT2D eigenvalue weighted by Crippen LogP contribution is -2.48. The van der Waals surface area contributed by atoms with Crippen molar-refractivity contribution >= 4 is 12.4 Å². The Balaban J connectivity index is 0.00000162. The molecular weight excluding hydrogens is 250 g/mol. The molecule has 0 aliphatic carbocycles. The van der Waals surface area contributed by atoms with E-state index in [2.05, 4.69) is 17.0 Å². The average molecular weight is 274 g/mol. The van der Waals surface area contributed by atoms with Crippen molar-refractivity contribution in [2.24, 2.45) is 11.7 Å². The van der Waals surface area contributed by atoms with E-state index in [-0.39, 0.29) is 12.4 Å². The second-order valence-electron chi connectivity index (χ2n) is 5.20. The maximum Gasteiger partial charge on any atom is 0.138 e. The predicted molar refractivity (Wildman–Crippen MR) is 74.9 cm³/mol. The Kier molecular flexibility index (Phi) is 5.63. The van der Waals surface area contributed by atoms with Crippen LogP contribution in [0.3, 0.4) is 0 Å². The van der Waals surface area contributed by atoms with E-state index in [0.29, 0.717) is 12.0 Å². The molecular formula is C13H24ClN3O. The molecule has 1 aliphatic rings. The summed E-state index contributed by atoms with van der Waals surface area (Å²) in [5.41, 5.74) is 8.15. The molecule has 2 N–H and O–H groups in total. The molecule has 1 aliphatic heterocycles. The van der Waals surface area contributed by atoms with E-state index in [1.54, 1.807) is 0 Å². The molecule has 0 radical (unpaired) electrons. The number of hydrogen-bond donors (Lipinski definition) is 1. The van der Waals surface area contributed by atoms with Crippen LogP contribution >= 0.6 is 12.4 Å². The molecule has 1 saturated heterocycles. The first-order valence-electron chi connectivity index (χ1n) is 6.49. The summed E-state index contributed by atoms with van der Waals surface area (Å²) in [5, 5.41) is 4.02. The molecule has 2 unspecified atom stereocenters. The maximum absolute atomic E-state index is 5.91. The Bertz CT molecular complexity index is 361. The van der Waals surface area contributed by atoms with Crippen LogP contribution in [0.2, 0.25) is 0 Å². The van der Waals surface area contributed by atoms with E-state index < -0.39 is 0 Å². The highest BCUT2D eigenvalue weighted by Crippen LogP contribution is 2.25. The van der Waals surface area contributed by atoms with Gasteiger partial charge in [0.2, 0.25) is 0 Å². The Labute approximate surface area is 115 Å². The zero-order chi connectivity index (χ0) is 12.4. The number of aromatic nitrogens is 1. The van der Waals surface area contributed by atoms with Crippen molar-refractivity contribution in [2.45, 2.75) is 46.2 Å². The van der Waals surface area contributed by atoms with Crippen molar-refractivity contribution in [3.63, 3.8) is 0 Å². The summed E-state index contributed by atoms with van der Waals surface area (Å²) >= 11 is 0. The van der Waals surface area contributed by atoms with Gasteiger partial charge in [-0.05, 0) is 39.2 Å². The molecule has 5 heteroatoms. The van der Waals surface area contributed by atoms with Crippen LogP contribution in [-0.4, -0.2) is 29.2 Å². The summed E-state index contributed by atoms with van der Waals surface area (Å²) in [6.07, 6.45) is 2.56. The first-order chi connectivity index (χ1) is 8.13. The predicted octanol–water partition coefficient (Wildman–Crippen LogP) is 2.27. The van der Waals surface area contributed by atoms with Gasteiger partial charge >= 0.3 is 0 Å². The van der Waals surface area contributed by atoms with E-state index in [4.69, 9.17) is 10.3 Å². The first-order valence-corrected chi connectivity index (χ1v) is 6.49. The molecule has 2 rings (SSSR count). The van der Waals surface area contributed by atoms with Crippen LogP contribution in [0, 0.1) is 19.8 Å². The number of nitrogens with two attached hydrogens (primary N) is 1. The number of nitrogens with zero attached hydrogens (tertiary/aromatic N) is 2. The van der Waals surface area contributed by atoms with Gasteiger partial charge in [0, 0.05) is 24.7 Å². The normalized spacial score (nSPS) is 24.9. The Morgan fingerprint density at radius 3 is 2.72 bits per heavy atom. The summed E-state index contributed by atoms with van der Waals surface area (Å²) in [6.45, 7) is 9.10. The van der Waals surface area contributed by atoms with Gasteiger partial charge < -0.3 is 10.3 Å². The van der Waals surface area contributed by atoms with Crippen LogP contribution in [0.5, 0.6) is 0 Å². The number of halogens is 1. The highest BCUT2D eigenvalue weighted by Gasteiger charge is 2.28. The van der Waals surface area contributed by atoms with Crippen LogP contribution in [-0.2, 0) is 6.54 Å². The van der Waals surface area contributed by atoms with Gasteiger partial charge in [-0.2, -0.15) is 0 Å². The summed E-state index contributed by atoms with van der Waals surface area (Å²) in [7, 11) is 0. The third-order valence-corrected chi connectivity index (χ3v) is 4.01. The van der Waals surface area contributed by atoms with Crippen LogP contribution in [0.1, 0.15) is 36.8 Å². The lowest BCUT2D eigenvalue weighted by Gasteiger charge is -2.39. The molecule has 0 bridgehead atoms. The molecule has 1 aromatic heterocycles. The molecule has 1 fully saturated rings. The Morgan fingerprint density at radius 2 is 2.17 bits per heavy atom. The molecule has 18 heavy (non-hydrogen) atoms. The lowest BCUT2D eigenvalue weighted by atomic mass is 9.90. The monoisotopic (exact) mass is 273 g/mol. The lowest BCUT2D eigenvalue weighted by molar-refractivity contribution is 0.0984. The van der Waals surface area contributed by atoms with Crippen LogP contribution in [0.25, 0.3) is 0 Å². The third-order valence-electron chi connectivity index (χ3n) is 4.01. The molecule has 1 aromatic rings. The van der Waals surface area contributed by atoms with E-state index in [0.717, 1.165) is 31.1 Å². The van der Waals surface area contributed by atoms with Gasteiger partial charge in [-0.15, -0.1) is 12.4 Å². The summed E-state index contributed by atoms with van der Waals surface area (Å²) in [4.78, 5) is 2.49.